The first-order valence-corrected chi connectivity index (χ1v) is 8.55. The second-order valence-electron chi connectivity index (χ2n) is 5.41. The number of ether oxygens (including phenoxy) is 1. The molecule has 0 bridgehead atoms. The second-order valence-corrected chi connectivity index (χ2v) is 6.35. The molecular formula is C16H22N4O2S. The highest BCUT2D eigenvalue weighted by Gasteiger charge is 2.12. The van der Waals surface area contributed by atoms with Crippen LogP contribution in [0.5, 0.6) is 5.75 Å². The number of carbonyl (C=O) groups is 1. The van der Waals surface area contributed by atoms with Crippen LogP contribution in [-0.4, -0.2) is 26.4 Å². The summed E-state index contributed by atoms with van der Waals surface area (Å²) in [6, 6.07) is 8.06. The van der Waals surface area contributed by atoms with Gasteiger partial charge in [-0.05, 0) is 30.5 Å². The zero-order valence-electron chi connectivity index (χ0n) is 13.7. The SMILES string of the molecule is CCn1c(COc2ccc(C(C)C)cc2)nnc1SCC(N)=O. The van der Waals surface area contributed by atoms with Crippen molar-refractivity contribution in [1.29, 1.82) is 0 Å². The van der Waals surface area contributed by atoms with E-state index in [4.69, 9.17) is 10.5 Å². The Morgan fingerprint density at radius 1 is 1.30 bits per heavy atom. The van der Waals surface area contributed by atoms with Crippen LogP contribution >= 0.6 is 11.8 Å². The summed E-state index contributed by atoms with van der Waals surface area (Å²) >= 11 is 1.29. The van der Waals surface area contributed by atoms with Crippen LogP contribution in [0.1, 0.15) is 38.1 Å². The summed E-state index contributed by atoms with van der Waals surface area (Å²) in [5, 5.41) is 8.92. The molecule has 2 aromatic rings. The second kappa shape index (κ2) is 8.01. The highest BCUT2D eigenvalue weighted by molar-refractivity contribution is 7.99. The summed E-state index contributed by atoms with van der Waals surface area (Å²) in [6.07, 6.45) is 0. The van der Waals surface area contributed by atoms with Crippen LogP contribution in [0.25, 0.3) is 0 Å². The quantitative estimate of drug-likeness (QED) is 0.750. The van der Waals surface area contributed by atoms with E-state index in [9.17, 15) is 4.79 Å². The average Bonchev–Trinajstić information content (AvgIpc) is 2.93. The van der Waals surface area contributed by atoms with E-state index >= 15 is 0 Å². The van der Waals surface area contributed by atoms with Gasteiger partial charge < -0.3 is 15.0 Å². The third kappa shape index (κ3) is 4.72. The largest absolute Gasteiger partial charge is 0.486 e. The fraction of sp³-hybridized carbons (Fsp3) is 0.438. The normalized spacial score (nSPS) is 11.0. The lowest BCUT2D eigenvalue weighted by atomic mass is 10.0. The van der Waals surface area contributed by atoms with Gasteiger partial charge in [0.2, 0.25) is 5.91 Å². The molecule has 0 saturated heterocycles. The third-order valence-electron chi connectivity index (χ3n) is 3.37. The Kier molecular flexibility index (Phi) is 6.04. The lowest BCUT2D eigenvalue weighted by molar-refractivity contribution is -0.115. The van der Waals surface area contributed by atoms with E-state index < -0.39 is 0 Å². The fourth-order valence-electron chi connectivity index (χ4n) is 2.08. The maximum atomic E-state index is 10.9. The van der Waals surface area contributed by atoms with Crippen LogP contribution < -0.4 is 10.5 Å². The smallest absolute Gasteiger partial charge is 0.227 e. The maximum Gasteiger partial charge on any atom is 0.227 e. The number of aromatic nitrogens is 3. The number of primary amides is 1. The Bertz CT molecular complexity index is 653. The van der Waals surface area contributed by atoms with Gasteiger partial charge in [-0.25, -0.2) is 0 Å². The van der Waals surface area contributed by atoms with E-state index in [-0.39, 0.29) is 11.7 Å². The van der Waals surface area contributed by atoms with Gasteiger partial charge in [-0.3, -0.25) is 4.79 Å². The molecule has 7 heteroatoms. The molecule has 1 aromatic heterocycles. The maximum absolute atomic E-state index is 10.9. The molecule has 0 aliphatic heterocycles. The first kappa shape index (κ1) is 17.3. The summed E-state index contributed by atoms with van der Waals surface area (Å²) in [6.45, 7) is 7.35. The van der Waals surface area contributed by atoms with Crippen molar-refractivity contribution in [3.8, 4) is 5.75 Å². The number of benzene rings is 1. The molecule has 0 saturated carbocycles. The molecule has 0 spiro atoms. The first-order valence-electron chi connectivity index (χ1n) is 7.57. The van der Waals surface area contributed by atoms with Crippen molar-refractivity contribution in [2.75, 3.05) is 5.75 Å². The minimum absolute atomic E-state index is 0.190. The molecule has 1 amide bonds. The lowest BCUT2D eigenvalue weighted by Gasteiger charge is -2.10. The minimum Gasteiger partial charge on any atom is -0.486 e. The molecule has 6 nitrogen and oxygen atoms in total. The molecule has 0 aliphatic rings. The zero-order valence-corrected chi connectivity index (χ0v) is 14.5. The van der Waals surface area contributed by atoms with Gasteiger partial charge in [0.05, 0.1) is 5.75 Å². The Balaban J connectivity index is 2.01. The van der Waals surface area contributed by atoms with Crippen LogP contribution in [0.4, 0.5) is 0 Å². The third-order valence-corrected chi connectivity index (χ3v) is 4.36. The van der Waals surface area contributed by atoms with Gasteiger partial charge in [-0.1, -0.05) is 37.7 Å². The number of nitrogens with zero attached hydrogens (tertiary/aromatic N) is 3. The average molecular weight is 334 g/mol. The molecule has 0 radical (unpaired) electrons. The molecule has 124 valence electrons. The summed E-state index contributed by atoms with van der Waals surface area (Å²) < 4.78 is 7.71. The first-order chi connectivity index (χ1) is 11.0. The predicted octanol–water partition coefficient (Wildman–Crippen LogP) is 2.58. The van der Waals surface area contributed by atoms with Crippen LogP contribution in [0.3, 0.4) is 0 Å². The highest BCUT2D eigenvalue weighted by Crippen LogP contribution is 2.20. The number of nitrogens with two attached hydrogens (primary N) is 1. The molecular weight excluding hydrogens is 312 g/mol. The van der Waals surface area contributed by atoms with Crippen molar-refractivity contribution in [3.63, 3.8) is 0 Å². The van der Waals surface area contributed by atoms with E-state index in [0.717, 1.165) is 11.6 Å². The van der Waals surface area contributed by atoms with Gasteiger partial charge in [0, 0.05) is 6.54 Å². The molecule has 23 heavy (non-hydrogen) atoms. The van der Waals surface area contributed by atoms with Crippen molar-refractivity contribution in [2.45, 2.75) is 45.0 Å². The standard InChI is InChI=1S/C16H22N4O2S/c1-4-20-15(18-19-16(20)23-10-14(17)21)9-22-13-7-5-12(6-8-13)11(2)3/h5-8,11H,4,9-10H2,1-3H3,(H2,17,21). The monoisotopic (exact) mass is 334 g/mol. The Morgan fingerprint density at radius 2 is 2.00 bits per heavy atom. The number of thioether (sulfide) groups is 1. The molecule has 2 N–H and O–H groups in total. The van der Waals surface area contributed by atoms with Crippen molar-refractivity contribution in [2.24, 2.45) is 5.73 Å². The van der Waals surface area contributed by atoms with Gasteiger partial charge in [-0.15, -0.1) is 10.2 Å². The van der Waals surface area contributed by atoms with Crippen molar-refractivity contribution in [3.05, 3.63) is 35.7 Å². The van der Waals surface area contributed by atoms with E-state index in [1.54, 1.807) is 0 Å². The van der Waals surface area contributed by atoms with Crippen molar-refractivity contribution in [1.82, 2.24) is 14.8 Å². The van der Waals surface area contributed by atoms with Crippen LogP contribution in [0, 0.1) is 0 Å². The summed E-state index contributed by atoms with van der Waals surface area (Å²) in [5.41, 5.74) is 6.44. The van der Waals surface area contributed by atoms with Gasteiger partial charge in [0.25, 0.3) is 0 Å². The van der Waals surface area contributed by atoms with Crippen molar-refractivity contribution >= 4 is 17.7 Å². The summed E-state index contributed by atoms with van der Waals surface area (Å²) in [4.78, 5) is 10.9. The number of rotatable bonds is 8. The highest BCUT2D eigenvalue weighted by atomic mass is 32.2. The summed E-state index contributed by atoms with van der Waals surface area (Å²) in [5.74, 6) is 1.84. The molecule has 1 heterocycles. The number of carbonyl (C=O) groups excluding carboxylic acids is 1. The molecule has 0 unspecified atom stereocenters. The Labute approximate surface area is 140 Å². The molecule has 1 aromatic carbocycles. The van der Waals surface area contributed by atoms with E-state index in [1.807, 2.05) is 23.6 Å². The van der Waals surface area contributed by atoms with Gasteiger partial charge in [0.15, 0.2) is 11.0 Å². The molecule has 0 aliphatic carbocycles. The lowest BCUT2D eigenvalue weighted by Crippen LogP contribution is -2.14. The summed E-state index contributed by atoms with van der Waals surface area (Å²) in [7, 11) is 0. The van der Waals surface area contributed by atoms with Gasteiger partial charge in [0.1, 0.15) is 12.4 Å². The topological polar surface area (TPSA) is 83.0 Å². The number of hydrogen-bond donors (Lipinski definition) is 1. The zero-order chi connectivity index (χ0) is 16.8. The Morgan fingerprint density at radius 3 is 2.57 bits per heavy atom. The van der Waals surface area contributed by atoms with Gasteiger partial charge in [-0.2, -0.15) is 0 Å². The fourth-order valence-corrected chi connectivity index (χ4v) is 2.84. The number of hydrogen-bond acceptors (Lipinski definition) is 5. The van der Waals surface area contributed by atoms with Crippen molar-refractivity contribution < 1.29 is 9.53 Å². The van der Waals surface area contributed by atoms with E-state index in [1.165, 1.54) is 17.3 Å². The van der Waals surface area contributed by atoms with E-state index in [0.29, 0.717) is 24.2 Å². The predicted molar refractivity (Wildman–Crippen MR) is 90.5 cm³/mol. The minimum atomic E-state index is -0.372. The van der Waals surface area contributed by atoms with Crippen LogP contribution in [-0.2, 0) is 17.9 Å². The molecule has 0 fully saturated rings. The van der Waals surface area contributed by atoms with Crippen LogP contribution in [0.15, 0.2) is 29.4 Å². The number of amides is 1. The van der Waals surface area contributed by atoms with Gasteiger partial charge >= 0.3 is 0 Å². The van der Waals surface area contributed by atoms with E-state index in [2.05, 4.69) is 36.2 Å². The van der Waals surface area contributed by atoms with Crippen LogP contribution in [0.2, 0.25) is 0 Å². The molecule has 2 rings (SSSR count). The Hall–Kier alpha value is -2.02. The molecule has 0 atom stereocenters.